The van der Waals surface area contributed by atoms with Crippen LogP contribution in [0.1, 0.15) is 0 Å². The molecule has 0 radical (unpaired) electrons. The summed E-state index contributed by atoms with van der Waals surface area (Å²) >= 11 is 0. The standard InChI is InChI=1S/C8H7NO2/c10-8-7-2-4-11-3-1-6(7)5-9-8/h1-4H,5H2,(H,9,10). The zero-order valence-electron chi connectivity index (χ0n) is 5.83. The molecule has 0 saturated heterocycles. The van der Waals surface area contributed by atoms with E-state index >= 15 is 0 Å². The third-order valence-corrected chi connectivity index (χ3v) is 1.69. The third-order valence-electron chi connectivity index (χ3n) is 1.69. The fourth-order valence-electron chi connectivity index (χ4n) is 1.12. The zero-order valence-corrected chi connectivity index (χ0v) is 5.83. The Morgan fingerprint density at radius 2 is 2.18 bits per heavy atom. The Kier molecular flexibility index (Phi) is 1.28. The van der Waals surface area contributed by atoms with Gasteiger partial charge in [-0.25, -0.2) is 0 Å². The number of hydrogen-bond donors (Lipinski definition) is 1. The Morgan fingerprint density at radius 3 is 3.09 bits per heavy atom. The van der Waals surface area contributed by atoms with Crippen LogP contribution in [0.15, 0.2) is 35.8 Å². The molecule has 11 heavy (non-hydrogen) atoms. The van der Waals surface area contributed by atoms with Gasteiger partial charge in [-0.05, 0) is 17.7 Å². The zero-order chi connectivity index (χ0) is 7.68. The molecular weight excluding hydrogens is 142 g/mol. The topological polar surface area (TPSA) is 38.3 Å². The molecule has 0 aromatic rings. The van der Waals surface area contributed by atoms with Crippen LogP contribution in [0.3, 0.4) is 0 Å². The first kappa shape index (κ1) is 6.22. The average Bonchev–Trinajstić information content (AvgIpc) is 2.25. The van der Waals surface area contributed by atoms with Crippen LogP contribution in [0.5, 0.6) is 0 Å². The van der Waals surface area contributed by atoms with Crippen molar-refractivity contribution in [2.45, 2.75) is 0 Å². The van der Waals surface area contributed by atoms with Crippen LogP contribution in [0.2, 0.25) is 0 Å². The van der Waals surface area contributed by atoms with Crippen LogP contribution in [-0.4, -0.2) is 12.5 Å². The van der Waals surface area contributed by atoms with E-state index in [1.165, 1.54) is 6.26 Å². The van der Waals surface area contributed by atoms with Crippen molar-refractivity contribution >= 4 is 5.91 Å². The highest BCUT2D eigenvalue weighted by Crippen LogP contribution is 2.15. The van der Waals surface area contributed by atoms with E-state index in [2.05, 4.69) is 5.32 Å². The Hall–Kier alpha value is -1.51. The summed E-state index contributed by atoms with van der Waals surface area (Å²) < 4.78 is 4.90. The molecule has 0 aromatic carbocycles. The molecule has 0 fully saturated rings. The smallest absolute Gasteiger partial charge is 0.252 e. The second-order valence-corrected chi connectivity index (χ2v) is 2.36. The molecule has 0 bridgehead atoms. The molecule has 0 saturated carbocycles. The lowest BCUT2D eigenvalue weighted by atomic mass is 10.1. The molecular formula is C8H7NO2. The van der Waals surface area contributed by atoms with Gasteiger partial charge in [0.05, 0.1) is 12.5 Å². The Balaban J connectivity index is 2.44. The summed E-state index contributed by atoms with van der Waals surface area (Å²) in [4.78, 5) is 11.1. The van der Waals surface area contributed by atoms with Gasteiger partial charge in [0.15, 0.2) is 0 Å². The summed E-state index contributed by atoms with van der Waals surface area (Å²) in [6, 6.07) is 0. The monoisotopic (exact) mass is 149 g/mol. The molecule has 0 aromatic heterocycles. The maximum absolute atomic E-state index is 11.1. The van der Waals surface area contributed by atoms with E-state index in [4.69, 9.17) is 4.74 Å². The summed E-state index contributed by atoms with van der Waals surface area (Å²) in [5.74, 6) is -0.0219. The van der Waals surface area contributed by atoms with Gasteiger partial charge in [-0.15, -0.1) is 0 Å². The first-order valence-electron chi connectivity index (χ1n) is 3.38. The van der Waals surface area contributed by atoms with Crippen LogP contribution < -0.4 is 5.32 Å². The van der Waals surface area contributed by atoms with Gasteiger partial charge in [0.1, 0.15) is 0 Å². The van der Waals surface area contributed by atoms with E-state index in [1.54, 1.807) is 18.4 Å². The molecule has 2 aliphatic heterocycles. The van der Waals surface area contributed by atoms with Gasteiger partial charge >= 0.3 is 0 Å². The van der Waals surface area contributed by atoms with Crippen molar-refractivity contribution in [2.75, 3.05) is 6.54 Å². The van der Waals surface area contributed by atoms with Gasteiger partial charge in [-0.1, -0.05) is 0 Å². The fourth-order valence-corrected chi connectivity index (χ4v) is 1.12. The lowest BCUT2D eigenvalue weighted by molar-refractivity contribution is -0.116. The Morgan fingerprint density at radius 1 is 1.36 bits per heavy atom. The number of hydrogen-bond acceptors (Lipinski definition) is 2. The maximum atomic E-state index is 11.1. The molecule has 1 N–H and O–H groups in total. The highest BCUT2D eigenvalue weighted by Gasteiger charge is 2.18. The van der Waals surface area contributed by atoms with Gasteiger partial charge in [0.2, 0.25) is 0 Å². The Bertz CT molecular complexity index is 286. The lowest BCUT2D eigenvalue weighted by Crippen LogP contribution is -2.16. The summed E-state index contributed by atoms with van der Waals surface area (Å²) in [7, 11) is 0. The van der Waals surface area contributed by atoms with Crippen molar-refractivity contribution in [2.24, 2.45) is 0 Å². The molecule has 3 heteroatoms. The second kappa shape index (κ2) is 2.27. The van der Waals surface area contributed by atoms with E-state index in [1.807, 2.05) is 0 Å². The van der Waals surface area contributed by atoms with Crippen LogP contribution in [0, 0.1) is 0 Å². The summed E-state index contributed by atoms with van der Waals surface area (Å²) in [6.45, 7) is 0.609. The quantitative estimate of drug-likeness (QED) is 0.543. The number of carbonyl (C=O) groups excluding carboxylic acids is 1. The second-order valence-electron chi connectivity index (χ2n) is 2.36. The molecule has 0 unspecified atom stereocenters. The highest BCUT2D eigenvalue weighted by molar-refractivity contribution is 6.00. The van der Waals surface area contributed by atoms with Gasteiger partial charge < -0.3 is 10.1 Å². The molecule has 2 rings (SSSR count). The minimum atomic E-state index is -0.0219. The minimum Gasteiger partial charge on any atom is -0.473 e. The lowest BCUT2D eigenvalue weighted by Gasteiger charge is -1.90. The summed E-state index contributed by atoms with van der Waals surface area (Å²) in [5.41, 5.74) is 1.70. The molecule has 1 amide bonds. The normalized spacial score (nSPS) is 20.9. The third kappa shape index (κ3) is 0.941. The van der Waals surface area contributed by atoms with Gasteiger partial charge in [-0.2, -0.15) is 0 Å². The van der Waals surface area contributed by atoms with Crippen molar-refractivity contribution in [3.8, 4) is 0 Å². The predicted molar refractivity (Wildman–Crippen MR) is 39.4 cm³/mol. The average molecular weight is 149 g/mol. The van der Waals surface area contributed by atoms with E-state index in [-0.39, 0.29) is 5.91 Å². The SMILES string of the molecule is O=C1NCC2=C1C=COC=C2. The van der Waals surface area contributed by atoms with E-state index in [0.717, 1.165) is 5.57 Å². The molecule has 2 aliphatic rings. The molecule has 0 spiro atoms. The molecule has 2 heterocycles. The van der Waals surface area contributed by atoms with Crippen molar-refractivity contribution in [1.29, 1.82) is 0 Å². The number of ether oxygens (including phenoxy) is 1. The fraction of sp³-hybridized carbons (Fsp3) is 0.125. The number of rotatable bonds is 0. The van der Waals surface area contributed by atoms with Crippen molar-refractivity contribution in [1.82, 2.24) is 5.32 Å². The molecule has 0 atom stereocenters. The first-order valence-corrected chi connectivity index (χ1v) is 3.38. The number of nitrogens with one attached hydrogen (secondary N) is 1. The van der Waals surface area contributed by atoms with Gasteiger partial charge in [0, 0.05) is 12.1 Å². The van der Waals surface area contributed by atoms with Crippen LogP contribution >= 0.6 is 0 Å². The Labute approximate surface area is 64.0 Å². The summed E-state index contributed by atoms with van der Waals surface area (Å²) in [5, 5.41) is 2.72. The van der Waals surface area contributed by atoms with Gasteiger partial charge in [0.25, 0.3) is 5.91 Å². The predicted octanol–water partition coefficient (Wildman–Crippen LogP) is 0.470. The largest absolute Gasteiger partial charge is 0.473 e. The highest BCUT2D eigenvalue weighted by atomic mass is 16.5. The van der Waals surface area contributed by atoms with E-state index < -0.39 is 0 Å². The van der Waals surface area contributed by atoms with Crippen molar-refractivity contribution in [3.05, 3.63) is 35.8 Å². The van der Waals surface area contributed by atoms with Crippen molar-refractivity contribution < 1.29 is 9.53 Å². The first-order chi connectivity index (χ1) is 5.38. The summed E-state index contributed by atoms with van der Waals surface area (Å²) in [6.07, 6.45) is 6.55. The number of carbonyl (C=O) groups is 1. The van der Waals surface area contributed by atoms with E-state index in [9.17, 15) is 4.79 Å². The van der Waals surface area contributed by atoms with Crippen LogP contribution in [0.4, 0.5) is 0 Å². The molecule has 3 nitrogen and oxygen atoms in total. The molecule has 0 aliphatic carbocycles. The number of amides is 1. The van der Waals surface area contributed by atoms with Crippen molar-refractivity contribution in [3.63, 3.8) is 0 Å². The van der Waals surface area contributed by atoms with Crippen LogP contribution in [-0.2, 0) is 9.53 Å². The van der Waals surface area contributed by atoms with Crippen LogP contribution in [0.25, 0.3) is 0 Å². The molecule has 56 valence electrons. The minimum absolute atomic E-state index is 0.0219. The van der Waals surface area contributed by atoms with Gasteiger partial charge in [-0.3, -0.25) is 4.79 Å². The maximum Gasteiger partial charge on any atom is 0.252 e. The van der Waals surface area contributed by atoms with E-state index in [0.29, 0.717) is 12.1 Å².